The van der Waals surface area contributed by atoms with Gasteiger partial charge in [0, 0.05) is 44.2 Å². The molecule has 0 saturated carbocycles. The van der Waals surface area contributed by atoms with E-state index in [-0.39, 0.29) is 34.9 Å². The number of hydrogen-bond donors (Lipinski definition) is 1. The molecule has 0 radical (unpaired) electrons. The smallest absolute Gasteiger partial charge is 0.243 e. The molecule has 0 unspecified atom stereocenters. The molecule has 2 fully saturated rings. The molecule has 3 rings (SSSR count). The van der Waals surface area contributed by atoms with Crippen molar-refractivity contribution in [2.45, 2.75) is 31.1 Å². The van der Waals surface area contributed by atoms with Gasteiger partial charge < -0.3 is 10.2 Å². The molecular formula is C19H28ClN3O4S. The Kier molecular flexibility index (Phi) is 8.00. The average molecular weight is 430 g/mol. The molecule has 2 aliphatic rings. The molecule has 28 heavy (non-hydrogen) atoms. The minimum absolute atomic E-state index is 0. The van der Waals surface area contributed by atoms with Gasteiger partial charge in [-0.15, -0.1) is 12.4 Å². The van der Waals surface area contributed by atoms with E-state index in [0.29, 0.717) is 31.5 Å². The van der Waals surface area contributed by atoms with Crippen molar-refractivity contribution in [2.75, 3.05) is 39.3 Å². The summed E-state index contributed by atoms with van der Waals surface area (Å²) in [5.41, 5.74) is 0.491. The highest BCUT2D eigenvalue weighted by Crippen LogP contribution is 2.25. The van der Waals surface area contributed by atoms with Crippen molar-refractivity contribution in [2.24, 2.45) is 5.92 Å². The van der Waals surface area contributed by atoms with Crippen molar-refractivity contribution in [3.8, 4) is 0 Å². The second-order valence-electron chi connectivity index (χ2n) is 7.19. The Labute approximate surface area is 172 Å². The van der Waals surface area contributed by atoms with Crippen LogP contribution in [0.2, 0.25) is 0 Å². The van der Waals surface area contributed by atoms with Gasteiger partial charge in [-0.3, -0.25) is 9.59 Å². The van der Waals surface area contributed by atoms with Gasteiger partial charge in [0.1, 0.15) is 0 Å². The van der Waals surface area contributed by atoms with Crippen LogP contribution in [-0.4, -0.2) is 68.6 Å². The number of halogens is 1. The summed E-state index contributed by atoms with van der Waals surface area (Å²) < 4.78 is 27.1. The highest BCUT2D eigenvalue weighted by Gasteiger charge is 2.33. The fourth-order valence-corrected chi connectivity index (χ4v) is 5.15. The second kappa shape index (κ2) is 9.82. The first-order valence-electron chi connectivity index (χ1n) is 9.50. The molecule has 156 valence electrons. The standard InChI is InChI=1S/C19H27N3O4S.ClH/c1-15(23)16-3-5-18(6-4-16)27(25,26)22-12-7-17(8-13-22)19(24)21-11-2-9-20-10-14-21;/h3-6,17,20H,2,7-14H2,1H3;1H. The van der Waals surface area contributed by atoms with E-state index in [0.717, 1.165) is 32.6 Å². The Morgan fingerprint density at radius 2 is 1.64 bits per heavy atom. The van der Waals surface area contributed by atoms with E-state index in [1.54, 1.807) is 12.1 Å². The van der Waals surface area contributed by atoms with Crippen molar-refractivity contribution in [1.29, 1.82) is 0 Å². The molecule has 1 aromatic rings. The SMILES string of the molecule is CC(=O)c1ccc(S(=O)(=O)N2CCC(C(=O)N3CCCNCC3)CC2)cc1.Cl. The quantitative estimate of drug-likeness (QED) is 0.733. The lowest BCUT2D eigenvalue weighted by Gasteiger charge is -2.33. The Morgan fingerprint density at radius 1 is 1.00 bits per heavy atom. The minimum Gasteiger partial charge on any atom is -0.341 e. The van der Waals surface area contributed by atoms with E-state index in [4.69, 9.17) is 0 Å². The molecule has 0 spiro atoms. The van der Waals surface area contributed by atoms with Gasteiger partial charge >= 0.3 is 0 Å². The Bertz CT molecular complexity index is 782. The molecule has 0 atom stereocenters. The number of carbonyl (C=O) groups excluding carboxylic acids is 2. The maximum absolute atomic E-state index is 12.8. The van der Waals surface area contributed by atoms with E-state index < -0.39 is 10.0 Å². The molecule has 2 heterocycles. The van der Waals surface area contributed by atoms with Gasteiger partial charge in [-0.05, 0) is 44.9 Å². The first-order chi connectivity index (χ1) is 12.9. The molecule has 1 amide bonds. The summed E-state index contributed by atoms with van der Waals surface area (Å²) in [7, 11) is -3.60. The molecular weight excluding hydrogens is 402 g/mol. The lowest BCUT2D eigenvalue weighted by atomic mass is 9.96. The third kappa shape index (κ3) is 5.11. The molecule has 0 aromatic heterocycles. The Morgan fingerprint density at radius 3 is 2.25 bits per heavy atom. The summed E-state index contributed by atoms with van der Waals surface area (Å²) in [5.74, 6) is -0.0433. The summed E-state index contributed by atoms with van der Waals surface area (Å²) in [6.07, 6.45) is 2.05. The zero-order valence-corrected chi connectivity index (χ0v) is 17.7. The van der Waals surface area contributed by atoms with Crippen molar-refractivity contribution >= 4 is 34.1 Å². The maximum Gasteiger partial charge on any atom is 0.243 e. The van der Waals surface area contributed by atoms with Gasteiger partial charge in [-0.25, -0.2) is 8.42 Å². The summed E-state index contributed by atoms with van der Waals surface area (Å²) in [5, 5.41) is 3.29. The van der Waals surface area contributed by atoms with Crippen molar-refractivity contribution < 1.29 is 18.0 Å². The second-order valence-corrected chi connectivity index (χ2v) is 9.13. The monoisotopic (exact) mass is 429 g/mol. The van der Waals surface area contributed by atoms with E-state index in [2.05, 4.69) is 5.32 Å². The van der Waals surface area contributed by atoms with Gasteiger partial charge in [-0.2, -0.15) is 4.31 Å². The van der Waals surface area contributed by atoms with Gasteiger partial charge in [0.15, 0.2) is 5.78 Å². The third-order valence-corrected chi connectivity index (χ3v) is 7.27. The van der Waals surface area contributed by atoms with E-state index in [1.165, 1.54) is 23.4 Å². The van der Waals surface area contributed by atoms with Crippen LogP contribution in [0.15, 0.2) is 29.2 Å². The largest absolute Gasteiger partial charge is 0.341 e. The van der Waals surface area contributed by atoms with Crippen LogP contribution >= 0.6 is 12.4 Å². The molecule has 1 N–H and O–H groups in total. The van der Waals surface area contributed by atoms with Crippen molar-refractivity contribution in [3.63, 3.8) is 0 Å². The predicted molar refractivity (Wildman–Crippen MR) is 109 cm³/mol. The van der Waals surface area contributed by atoms with Crippen LogP contribution in [0, 0.1) is 5.92 Å². The molecule has 0 aliphatic carbocycles. The lowest BCUT2D eigenvalue weighted by molar-refractivity contribution is -0.136. The number of ketones is 1. The molecule has 7 nitrogen and oxygen atoms in total. The maximum atomic E-state index is 12.8. The number of piperidine rings is 1. The van der Waals surface area contributed by atoms with Gasteiger partial charge in [-0.1, -0.05) is 12.1 Å². The first kappa shape index (κ1) is 22.8. The molecule has 2 saturated heterocycles. The van der Waals surface area contributed by atoms with E-state index >= 15 is 0 Å². The topological polar surface area (TPSA) is 86.8 Å². The number of benzene rings is 1. The van der Waals surface area contributed by atoms with Gasteiger partial charge in [0.05, 0.1) is 4.90 Å². The summed E-state index contributed by atoms with van der Waals surface area (Å²) in [6.45, 7) is 5.38. The molecule has 2 aliphatic heterocycles. The zero-order valence-electron chi connectivity index (χ0n) is 16.1. The van der Waals surface area contributed by atoms with Gasteiger partial charge in [0.25, 0.3) is 0 Å². The number of hydrogen-bond acceptors (Lipinski definition) is 5. The number of nitrogens with one attached hydrogen (secondary N) is 1. The fourth-order valence-electron chi connectivity index (χ4n) is 3.68. The van der Waals surface area contributed by atoms with Crippen LogP contribution in [-0.2, 0) is 14.8 Å². The van der Waals surface area contributed by atoms with Crippen LogP contribution < -0.4 is 5.32 Å². The Hall–Kier alpha value is -1.48. The zero-order chi connectivity index (χ0) is 19.4. The fraction of sp³-hybridized carbons (Fsp3) is 0.579. The van der Waals surface area contributed by atoms with Crippen LogP contribution in [0.3, 0.4) is 0 Å². The number of Topliss-reactive ketones (excluding diaryl/α,β-unsaturated/α-hetero) is 1. The van der Waals surface area contributed by atoms with Crippen molar-refractivity contribution in [1.82, 2.24) is 14.5 Å². The van der Waals surface area contributed by atoms with Crippen LogP contribution in [0.25, 0.3) is 0 Å². The summed E-state index contributed by atoms with van der Waals surface area (Å²) >= 11 is 0. The molecule has 1 aromatic carbocycles. The number of nitrogens with zero attached hydrogens (tertiary/aromatic N) is 2. The average Bonchev–Trinajstić information content (AvgIpc) is 2.97. The highest BCUT2D eigenvalue weighted by atomic mass is 35.5. The van der Waals surface area contributed by atoms with E-state index in [9.17, 15) is 18.0 Å². The Balaban J connectivity index is 0.00000280. The summed E-state index contributed by atoms with van der Waals surface area (Å²) in [6, 6.07) is 6.04. The number of rotatable bonds is 4. The van der Waals surface area contributed by atoms with Crippen LogP contribution in [0.1, 0.15) is 36.5 Å². The normalized spacial score (nSPS) is 19.5. The minimum atomic E-state index is -3.60. The predicted octanol–water partition coefficient (Wildman–Crippen LogP) is 1.53. The highest BCUT2D eigenvalue weighted by molar-refractivity contribution is 7.89. The molecule has 0 bridgehead atoms. The first-order valence-corrected chi connectivity index (χ1v) is 10.9. The van der Waals surface area contributed by atoms with E-state index in [1.807, 2.05) is 4.90 Å². The molecule has 9 heteroatoms. The summed E-state index contributed by atoms with van der Waals surface area (Å²) in [4.78, 5) is 26.2. The number of amides is 1. The number of carbonyl (C=O) groups is 2. The third-order valence-electron chi connectivity index (χ3n) is 5.35. The van der Waals surface area contributed by atoms with Crippen molar-refractivity contribution in [3.05, 3.63) is 29.8 Å². The van der Waals surface area contributed by atoms with Crippen LogP contribution in [0.4, 0.5) is 0 Å². The number of sulfonamides is 1. The van der Waals surface area contributed by atoms with Crippen LogP contribution in [0.5, 0.6) is 0 Å². The van der Waals surface area contributed by atoms with Gasteiger partial charge in [0.2, 0.25) is 15.9 Å². The lowest BCUT2D eigenvalue weighted by Crippen LogP contribution is -2.45.